The van der Waals surface area contributed by atoms with Crippen molar-refractivity contribution in [3.63, 3.8) is 0 Å². The Morgan fingerprint density at radius 3 is 2.38 bits per heavy atom. The Morgan fingerprint density at radius 1 is 0.938 bits per heavy atom. The van der Waals surface area contributed by atoms with Crippen LogP contribution in [0.4, 0.5) is 5.82 Å². The Hall–Kier alpha value is -2.11. The molecule has 1 aromatic rings. The Kier molecular flexibility index (Phi) is 6.38. The molecule has 4 fully saturated rings. The summed E-state index contributed by atoms with van der Waals surface area (Å²) in [6.07, 6.45) is 13.4. The smallest absolute Gasteiger partial charge is 0.226 e. The van der Waals surface area contributed by atoms with Crippen molar-refractivity contribution < 1.29 is 9.59 Å². The van der Waals surface area contributed by atoms with Gasteiger partial charge in [0, 0.05) is 57.8 Å². The SMILES string of the molecule is O=C(CCC1CCCCC1)N1CCC2(CC1)C[C@@H]2C(=O)N1CCN(c2ccccn2)CC1. The number of rotatable bonds is 5. The Bertz CT molecular complexity index is 791. The molecule has 1 spiro atoms. The molecule has 32 heavy (non-hydrogen) atoms. The zero-order valence-corrected chi connectivity index (χ0v) is 19.4. The molecule has 0 radical (unpaired) electrons. The van der Waals surface area contributed by atoms with Crippen LogP contribution in [0.15, 0.2) is 24.4 Å². The van der Waals surface area contributed by atoms with Crippen LogP contribution in [-0.4, -0.2) is 65.9 Å². The van der Waals surface area contributed by atoms with Crippen LogP contribution >= 0.6 is 0 Å². The minimum Gasteiger partial charge on any atom is -0.353 e. The van der Waals surface area contributed by atoms with E-state index in [4.69, 9.17) is 0 Å². The number of piperazine rings is 1. The van der Waals surface area contributed by atoms with Gasteiger partial charge in [-0.2, -0.15) is 0 Å². The lowest BCUT2D eigenvalue weighted by Gasteiger charge is -2.37. The molecule has 0 unspecified atom stereocenters. The summed E-state index contributed by atoms with van der Waals surface area (Å²) < 4.78 is 0. The zero-order chi connectivity index (χ0) is 22.0. The van der Waals surface area contributed by atoms with E-state index in [0.717, 1.165) is 83.1 Å². The summed E-state index contributed by atoms with van der Waals surface area (Å²) in [6.45, 7) is 4.97. The van der Waals surface area contributed by atoms with Gasteiger partial charge in [-0.25, -0.2) is 4.98 Å². The monoisotopic (exact) mass is 438 g/mol. The van der Waals surface area contributed by atoms with Gasteiger partial charge in [0.05, 0.1) is 0 Å². The van der Waals surface area contributed by atoms with Gasteiger partial charge < -0.3 is 14.7 Å². The van der Waals surface area contributed by atoms with E-state index >= 15 is 0 Å². The molecule has 1 atom stereocenters. The predicted octanol–water partition coefficient (Wildman–Crippen LogP) is 3.72. The summed E-state index contributed by atoms with van der Waals surface area (Å²) in [5, 5.41) is 0. The lowest BCUT2D eigenvalue weighted by molar-refractivity contribution is -0.135. The van der Waals surface area contributed by atoms with Gasteiger partial charge in [0.1, 0.15) is 5.82 Å². The summed E-state index contributed by atoms with van der Waals surface area (Å²) in [5.74, 6) is 2.65. The molecule has 2 amide bonds. The molecule has 6 nitrogen and oxygen atoms in total. The third kappa shape index (κ3) is 4.65. The predicted molar refractivity (Wildman–Crippen MR) is 125 cm³/mol. The van der Waals surface area contributed by atoms with Gasteiger partial charge in [-0.1, -0.05) is 38.2 Å². The van der Waals surface area contributed by atoms with Crippen molar-refractivity contribution in [2.45, 2.75) is 64.2 Å². The van der Waals surface area contributed by atoms with Crippen LogP contribution in [0.2, 0.25) is 0 Å². The lowest BCUT2D eigenvalue weighted by atomic mass is 9.85. The van der Waals surface area contributed by atoms with Crippen LogP contribution in [0.25, 0.3) is 0 Å². The van der Waals surface area contributed by atoms with Crippen LogP contribution in [-0.2, 0) is 9.59 Å². The molecule has 1 aromatic heterocycles. The average Bonchev–Trinajstić information content (AvgIpc) is 3.56. The third-order valence-electron chi connectivity index (χ3n) is 8.66. The molecule has 0 N–H and O–H groups in total. The molecule has 5 rings (SSSR count). The quantitative estimate of drug-likeness (QED) is 0.703. The minimum absolute atomic E-state index is 0.176. The number of amides is 2. The number of piperidine rings is 1. The van der Waals surface area contributed by atoms with Gasteiger partial charge in [-0.05, 0) is 49.1 Å². The first-order chi connectivity index (χ1) is 15.6. The number of carbonyl (C=O) groups is 2. The second-order valence-corrected chi connectivity index (χ2v) is 10.5. The minimum atomic E-state index is 0.176. The van der Waals surface area contributed by atoms with Crippen molar-refractivity contribution in [3.8, 4) is 0 Å². The van der Waals surface area contributed by atoms with E-state index in [1.165, 1.54) is 32.1 Å². The first-order valence-electron chi connectivity index (χ1n) is 12.9. The molecule has 174 valence electrons. The highest BCUT2D eigenvalue weighted by Crippen LogP contribution is 2.60. The standard InChI is InChI=1S/C26H38N4O2/c31-24(10-9-21-6-2-1-3-7-21)29-14-11-26(12-15-29)20-22(26)25(32)30-18-16-28(17-19-30)23-8-4-5-13-27-23/h4-5,8,13,21-22H,1-3,6-7,9-12,14-20H2/t22-/m1/s1. The molecule has 2 aliphatic carbocycles. The Morgan fingerprint density at radius 2 is 1.69 bits per heavy atom. The lowest BCUT2D eigenvalue weighted by Crippen LogP contribution is -2.50. The van der Waals surface area contributed by atoms with Gasteiger partial charge in [-0.3, -0.25) is 9.59 Å². The Balaban J connectivity index is 1.05. The van der Waals surface area contributed by atoms with Crippen molar-refractivity contribution in [2.75, 3.05) is 44.2 Å². The molecule has 2 aliphatic heterocycles. The van der Waals surface area contributed by atoms with Gasteiger partial charge >= 0.3 is 0 Å². The van der Waals surface area contributed by atoms with Crippen molar-refractivity contribution in [3.05, 3.63) is 24.4 Å². The van der Waals surface area contributed by atoms with Gasteiger partial charge in [0.15, 0.2) is 0 Å². The van der Waals surface area contributed by atoms with Crippen LogP contribution in [0, 0.1) is 17.3 Å². The maximum absolute atomic E-state index is 13.2. The maximum atomic E-state index is 13.2. The normalized spacial score (nSPS) is 25.8. The first-order valence-corrected chi connectivity index (χ1v) is 12.9. The van der Waals surface area contributed by atoms with E-state index in [2.05, 4.69) is 19.7 Å². The fourth-order valence-corrected chi connectivity index (χ4v) is 6.33. The van der Waals surface area contributed by atoms with Crippen LogP contribution in [0.3, 0.4) is 0 Å². The fourth-order valence-electron chi connectivity index (χ4n) is 6.33. The third-order valence-corrected chi connectivity index (χ3v) is 8.66. The number of aromatic nitrogens is 1. The topological polar surface area (TPSA) is 56.8 Å². The molecular formula is C26H38N4O2. The second kappa shape index (κ2) is 9.40. The first kappa shape index (κ1) is 21.7. The fraction of sp³-hybridized carbons (Fsp3) is 0.731. The van der Waals surface area contributed by atoms with E-state index < -0.39 is 0 Å². The van der Waals surface area contributed by atoms with Gasteiger partial charge in [-0.15, -0.1) is 0 Å². The zero-order valence-electron chi connectivity index (χ0n) is 19.4. The molecule has 2 saturated heterocycles. The summed E-state index contributed by atoms with van der Waals surface area (Å²) >= 11 is 0. The Labute approximate surface area is 192 Å². The van der Waals surface area contributed by atoms with Crippen molar-refractivity contribution in [2.24, 2.45) is 17.3 Å². The molecule has 2 saturated carbocycles. The number of carbonyl (C=O) groups excluding carboxylic acids is 2. The highest BCUT2D eigenvalue weighted by atomic mass is 16.2. The molecule has 0 aromatic carbocycles. The molecular weight excluding hydrogens is 400 g/mol. The van der Waals surface area contributed by atoms with Gasteiger partial charge in [0.2, 0.25) is 11.8 Å². The summed E-state index contributed by atoms with van der Waals surface area (Å²) in [5.41, 5.74) is 0.176. The number of anilines is 1. The maximum Gasteiger partial charge on any atom is 0.226 e. The summed E-state index contributed by atoms with van der Waals surface area (Å²) in [7, 11) is 0. The van der Waals surface area contributed by atoms with Crippen LogP contribution < -0.4 is 4.90 Å². The molecule has 0 bridgehead atoms. The summed E-state index contributed by atoms with van der Waals surface area (Å²) in [6, 6.07) is 5.99. The van der Waals surface area contributed by atoms with E-state index in [1.54, 1.807) is 0 Å². The second-order valence-electron chi connectivity index (χ2n) is 10.5. The van der Waals surface area contributed by atoms with E-state index in [9.17, 15) is 9.59 Å². The molecule has 3 heterocycles. The number of likely N-dealkylation sites (tertiary alicyclic amines) is 1. The van der Waals surface area contributed by atoms with Crippen LogP contribution in [0.5, 0.6) is 0 Å². The number of hydrogen-bond donors (Lipinski definition) is 0. The largest absolute Gasteiger partial charge is 0.353 e. The average molecular weight is 439 g/mol. The highest BCUT2D eigenvalue weighted by molar-refractivity contribution is 5.83. The van der Waals surface area contributed by atoms with Crippen molar-refractivity contribution >= 4 is 17.6 Å². The number of hydrogen-bond acceptors (Lipinski definition) is 4. The van der Waals surface area contributed by atoms with E-state index in [0.29, 0.717) is 11.8 Å². The van der Waals surface area contributed by atoms with Crippen molar-refractivity contribution in [1.82, 2.24) is 14.8 Å². The van der Waals surface area contributed by atoms with Crippen LogP contribution in [0.1, 0.15) is 64.2 Å². The molecule has 4 aliphatic rings. The van der Waals surface area contributed by atoms with Crippen molar-refractivity contribution in [1.29, 1.82) is 0 Å². The van der Waals surface area contributed by atoms with E-state index in [-0.39, 0.29) is 11.3 Å². The van der Waals surface area contributed by atoms with Gasteiger partial charge in [0.25, 0.3) is 0 Å². The number of nitrogens with zero attached hydrogens (tertiary/aromatic N) is 4. The van der Waals surface area contributed by atoms with E-state index in [1.807, 2.05) is 24.4 Å². The summed E-state index contributed by atoms with van der Waals surface area (Å²) in [4.78, 5) is 36.8. The highest BCUT2D eigenvalue weighted by Gasteiger charge is 2.59. The molecule has 6 heteroatoms. The number of pyridine rings is 1.